The van der Waals surface area contributed by atoms with Crippen LogP contribution < -0.4 is 17.0 Å². The molecular weight excluding hydrogens is 434 g/mol. The van der Waals surface area contributed by atoms with E-state index in [1.165, 1.54) is 70.8 Å². The second-order valence-electron chi connectivity index (χ2n) is 8.42. The largest absolute Gasteiger partial charge is 1.00 e. The standard InChI is InChI=1S/C23H48NO4.BrH/c1-3-4-5-6-7-8-9-10-11-12-13-24(2)14-16-25-18-20-27-22-23-28-21-19-26-17-15-24;/h3-23H2,1-2H3;1H/q+1;/p-1. The van der Waals surface area contributed by atoms with Crippen molar-refractivity contribution in [3.63, 3.8) is 0 Å². The summed E-state index contributed by atoms with van der Waals surface area (Å²) in [5.74, 6) is 0. The topological polar surface area (TPSA) is 36.9 Å². The lowest BCUT2D eigenvalue weighted by Crippen LogP contribution is -3.00. The van der Waals surface area contributed by atoms with Gasteiger partial charge >= 0.3 is 0 Å². The Morgan fingerprint density at radius 1 is 0.517 bits per heavy atom. The van der Waals surface area contributed by atoms with Gasteiger partial charge in [-0.05, 0) is 12.8 Å². The van der Waals surface area contributed by atoms with Crippen LogP contribution >= 0.6 is 0 Å². The van der Waals surface area contributed by atoms with Crippen LogP contribution in [0.5, 0.6) is 0 Å². The second kappa shape index (κ2) is 21.5. The lowest BCUT2D eigenvalue weighted by atomic mass is 10.1. The fraction of sp³-hybridized carbons (Fsp3) is 1.00. The van der Waals surface area contributed by atoms with Crippen LogP contribution in [0.2, 0.25) is 0 Å². The highest BCUT2D eigenvalue weighted by Crippen LogP contribution is 2.12. The molecule has 1 fully saturated rings. The van der Waals surface area contributed by atoms with E-state index in [2.05, 4.69) is 14.0 Å². The first-order valence-corrected chi connectivity index (χ1v) is 11.9. The minimum atomic E-state index is 0. The summed E-state index contributed by atoms with van der Waals surface area (Å²) in [4.78, 5) is 0. The fourth-order valence-electron chi connectivity index (χ4n) is 3.65. The SMILES string of the molecule is CCCCCCCCCCCC[N+]1(C)CCOCCOCCOCCOCC1.[Br-]. The van der Waals surface area contributed by atoms with Crippen molar-refractivity contribution in [2.45, 2.75) is 71.1 Å². The number of quaternary nitrogens is 1. The van der Waals surface area contributed by atoms with Crippen molar-refractivity contribution in [1.82, 2.24) is 0 Å². The van der Waals surface area contributed by atoms with Gasteiger partial charge in [-0.15, -0.1) is 0 Å². The monoisotopic (exact) mass is 481 g/mol. The van der Waals surface area contributed by atoms with Gasteiger partial charge in [-0.3, -0.25) is 0 Å². The summed E-state index contributed by atoms with van der Waals surface area (Å²) in [6.07, 6.45) is 13.9. The highest BCUT2D eigenvalue weighted by molar-refractivity contribution is 4.49. The second-order valence-corrected chi connectivity index (χ2v) is 8.42. The number of unbranched alkanes of at least 4 members (excludes halogenated alkanes) is 9. The summed E-state index contributed by atoms with van der Waals surface area (Å²) < 4.78 is 23.6. The van der Waals surface area contributed by atoms with E-state index in [-0.39, 0.29) is 17.0 Å². The van der Waals surface area contributed by atoms with E-state index < -0.39 is 0 Å². The molecule has 0 aromatic carbocycles. The van der Waals surface area contributed by atoms with Gasteiger partial charge in [0.25, 0.3) is 0 Å². The zero-order valence-electron chi connectivity index (χ0n) is 19.3. The van der Waals surface area contributed by atoms with E-state index in [1.807, 2.05) is 0 Å². The number of hydrogen-bond acceptors (Lipinski definition) is 4. The van der Waals surface area contributed by atoms with E-state index in [4.69, 9.17) is 18.9 Å². The summed E-state index contributed by atoms with van der Waals surface area (Å²) in [6.45, 7) is 11.1. The molecule has 0 amide bonds. The Morgan fingerprint density at radius 3 is 1.28 bits per heavy atom. The number of rotatable bonds is 11. The maximum atomic E-state index is 5.78. The molecular formula is C23H48BrNO4. The number of likely N-dealkylation sites (N-methyl/N-ethyl adjacent to an activating group) is 1. The lowest BCUT2D eigenvalue weighted by Gasteiger charge is -2.34. The highest BCUT2D eigenvalue weighted by atomic mass is 79.9. The van der Waals surface area contributed by atoms with Crippen molar-refractivity contribution in [1.29, 1.82) is 0 Å². The molecule has 1 saturated heterocycles. The molecule has 0 radical (unpaired) electrons. The Kier molecular flexibility index (Phi) is 21.7. The predicted molar refractivity (Wildman–Crippen MR) is 116 cm³/mol. The molecule has 0 aromatic heterocycles. The van der Waals surface area contributed by atoms with Gasteiger partial charge in [0.15, 0.2) is 0 Å². The molecule has 0 aromatic rings. The van der Waals surface area contributed by atoms with Crippen molar-refractivity contribution in [3.8, 4) is 0 Å². The Hall–Kier alpha value is 0.280. The van der Waals surface area contributed by atoms with E-state index in [1.54, 1.807) is 0 Å². The van der Waals surface area contributed by atoms with Crippen molar-refractivity contribution < 1.29 is 40.4 Å². The summed E-state index contributed by atoms with van der Waals surface area (Å²) >= 11 is 0. The van der Waals surface area contributed by atoms with Gasteiger partial charge in [-0.2, -0.15) is 0 Å². The third kappa shape index (κ3) is 18.7. The molecule has 176 valence electrons. The van der Waals surface area contributed by atoms with Crippen molar-refractivity contribution in [2.75, 3.05) is 79.5 Å². The highest BCUT2D eigenvalue weighted by Gasteiger charge is 2.21. The molecule has 0 saturated carbocycles. The lowest BCUT2D eigenvalue weighted by molar-refractivity contribution is -0.910. The average Bonchev–Trinajstić information content (AvgIpc) is 2.70. The summed E-state index contributed by atoms with van der Waals surface area (Å²) in [5.41, 5.74) is 0. The van der Waals surface area contributed by atoms with Crippen molar-refractivity contribution in [2.24, 2.45) is 0 Å². The molecule has 1 aliphatic heterocycles. The third-order valence-electron chi connectivity index (χ3n) is 5.72. The van der Waals surface area contributed by atoms with Gasteiger partial charge in [-0.1, -0.05) is 58.3 Å². The molecule has 1 aliphatic rings. The number of ether oxygens (including phenoxy) is 4. The molecule has 5 nitrogen and oxygen atoms in total. The molecule has 0 N–H and O–H groups in total. The van der Waals surface area contributed by atoms with Crippen LogP contribution in [-0.4, -0.2) is 84.0 Å². The molecule has 1 rings (SSSR count). The Labute approximate surface area is 191 Å². The van der Waals surface area contributed by atoms with Gasteiger partial charge in [0.05, 0.1) is 66.4 Å². The third-order valence-corrected chi connectivity index (χ3v) is 5.72. The van der Waals surface area contributed by atoms with Gasteiger partial charge < -0.3 is 40.4 Å². The zero-order chi connectivity index (χ0) is 20.2. The number of halogens is 1. The van der Waals surface area contributed by atoms with Gasteiger partial charge in [0.1, 0.15) is 13.1 Å². The first kappa shape index (κ1) is 29.3. The van der Waals surface area contributed by atoms with Crippen LogP contribution in [0.3, 0.4) is 0 Å². The van der Waals surface area contributed by atoms with Crippen LogP contribution in [-0.2, 0) is 18.9 Å². The van der Waals surface area contributed by atoms with Gasteiger partial charge in [0.2, 0.25) is 0 Å². The minimum Gasteiger partial charge on any atom is -1.00 e. The van der Waals surface area contributed by atoms with E-state index >= 15 is 0 Å². The summed E-state index contributed by atoms with van der Waals surface area (Å²) in [7, 11) is 2.35. The average molecular weight is 483 g/mol. The minimum absolute atomic E-state index is 0. The van der Waals surface area contributed by atoms with Crippen molar-refractivity contribution >= 4 is 0 Å². The van der Waals surface area contributed by atoms with Crippen LogP contribution in [0, 0.1) is 0 Å². The first-order chi connectivity index (χ1) is 13.8. The molecule has 0 atom stereocenters. The van der Waals surface area contributed by atoms with Crippen molar-refractivity contribution in [3.05, 3.63) is 0 Å². The summed E-state index contributed by atoms with van der Waals surface area (Å²) in [6, 6.07) is 0. The van der Waals surface area contributed by atoms with Crippen LogP contribution in [0.1, 0.15) is 71.1 Å². The molecule has 0 spiro atoms. The fourth-order valence-corrected chi connectivity index (χ4v) is 3.65. The molecule has 6 heteroatoms. The van der Waals surface area contributed by atoms with Gasteiger partial charge in [0, 0.05) is 0 Å². The van der Waals surface area contributed by atoms with Crippen LogP contribution in [0.25, 0.3) is 0 Å². The first-order valence-electron chi connectivity index (χ1n) is 11.9. The Bertz CT molecular complexity index is 318. The smallest absolute Gasteiger partial charge is 0.102 e. The normalized spacial score (nSPS) is 19.7. The maximum absolute atomic E-state index is 5.78. The van der Waals surface area contributed by atoms with Gasteiger partial charge in [-0.25, -0.2) is 0 Å². The van der Waals surface area contributed by atoms with Crippen LogP contribution in [0.15, 0.2) is 0 Å². The summed E-state index contributed by atoms with van der Waals surface area (Å²) in [5, 5.41) is 0. The van der Waals surface area contributed by atoms with E-state index in [0.717, 1.165) is 30.8 Å². The molecule has 0 bridgehead atoms. The molecule has 29 heavy (non-hydrogen) atoms. The number of hydrogen-bond donors (Lipinski definition) is 0. The van der Waals surface area contributed by atoms with Crippen LogP contribution in [0.4, 0.5) is 0 Å². The van der Waals surface area contributed by atoms with E-state index in [9.17, 15) is 0 Å². The molecule has 1 heterocycles. The zero-order valence-corrected chi connectivity index (χ0v) is 20.9. The predicted octanol–water partition coefficient (Wildman–Crippen LogP) is 1.44. The Balaban J connectivity index is 0.00000784. The number of nitrogens with zero attached hydrogens (tertiary/aromatic N) is 1. The Morgan fingerprint density at radius 2 is 0.862 bits per heavy atom. The molecule has 0 aliphatic carbocycles. The quantitative estimate of drug-likeness (QED) is 0.330. The van der Waals surface area contributed by atoms with E-state index in [0.29, 0.717) is 39.6 Å². The maximum Gasteiger partial charge on any atom is 0.102 e. The molecule has 0 unspecified atom stereocenters.